The van der Waals surface area contributed by atoms with Gasteiger partial charge in [-0.3, -0.25) is 4.79 Å². The second-order valence-corrected chi connectivity index (χ2v) is 7.13. The monoisotopic (exact) mass is 364 g/mol. The van der Waals surface area contributed by atoms with Crippen molar-refractivity contribution in [2.75, 3.05) is 5.32 Å². The predicted molar refractivity (Wildman–Crippen MR) is 85.4 cm³/mol. The zero-order valence-electron chi connectivity index (χ0n) is 11.8. The average Bonchev–Trinajstić information content (AvgIpc) is 2.88. The number of nitrogens with zero attached hydrogens (tertiary/aromatic N) is 3. The van der Waals surface area contributed by atoms with E-state index in [1.807, 2.05) is 20.8 Å². The molecular formula is C14H13BrN4OS. The number of amides is 1. The lowest BCUT2D eigenvalue weighted by Gasteiger charge is -2.16. The van der Waals surface area contributed by atoms with Gasteiger partial charge in [-0.25, -0.2) is 0 Å². The summed E-state index contributed by atoms with van der Waals surface area (Å²) < 4.78 is 4.66. The summed E-state index contributed by atoms with van der Waals surface area (Å²) in [5.74, 6) is -0.301. The van der Waals surface area contributed by atoms with Gasteiger partial charge < -0.3 is 5.32 Å². The van der Waals surface area contributed by atoms with Gasteiger partial charge in [-0.15, -0.1) is 5.10 Å². The minimum absolute atomic E-state index is 0.269. The molecule has 5 nitrogen and oxygen atoms in total. The molecule has 108 valence electrons. The Morgan fingerprint density at radius 2 is 2.14 bits per heavy atom. The summed E-state index contributed by atoms with van der Waals surface area (Å²) in [6.45, 7) is 5.92. The summed E-state index contributed by atoms with van der Waals surface area (Å²) in [5, 5.41) is 15.9. The number of carbonyl (C=O) groups excluding carboxylic acids is 1. The van der Waals surface area contributed by atoms with Crippen molar-refractivity contribution in [1.29, 1.82) is 5.26 Å². The number of halogens is 1. The molecule has 1 amide bonds. The van der Waals surface area contributed by atoms with Crippen LogP contribution in [0.3, 0.4) is 0 Å². The summed E-state index contributed by atoms with van der Waals surface area (Å²) in [4.78, 5) is 12.9. The van der Waals surface area contributed by atoms with Gasteiger partial charge in [0.25, 0.3) is 5.91 Å². The van der Waals surface area contributed by atoms with E-state index in [1.165, 1.54) is 0 Å². The van der Waals surface area contributed by atoms with Crippen molar-refractivity contribution in [3.63, 3.8) is 0 Å². The van der Waals surface area contributed by atoms with E-state index in [1.54, 1.807) is 18.2 Å². The number of anilines is 1. The number of benzene rings is 1. The molecule has 1 aromatic carbocycles. The summed E-state index contributed by atoms with van der Waals surface area (Å²) >= 11 is 4.38. The van der Waals surface area contributed by atoms with Crippen LogP contribution in [0, 0.1) is 11.3 Å². The molecule has 1 heterocycles. The lowest BCUT2D eigenvalue weighted by Crippen LogP contribution is -2.20. The molecule has 1 N–H and O–H groups in total. The molecule has 0 unspecified atom stereocenters. The maximum Gasteiger partial charge on any atom is 0.269 e. The number of rotatable bonds is 2. The Morgan fingerprint density at radius 1 is 1.43 bits per heavy atom. The molecular weight excluding hydrogens is 352 g/mol. The second kappa shape index (κ2) is 5.92. The fourth-order valence-corrected chi connectivity index (χ4v) is 2.86. The fourth-order valence-electron chi connectivity index (χ4n) is 1.73. The van der Waals surface area contributed by atoms with Gasteiger partial charge in [0.1, 0.15) is 10.9 Å². The quantitative estimate of drug-likeness (QED) is 0.880. The van der Waals surface area contributed by atoms with Crippen molar-refractivity contribution < 1.29 is 4.79 Å². The van der Waals surface area contributed by atoms with Gasteiger partial charge in [0.05, 0.1) is 16.9 Å². The van der Waals surface area contributed by atoms with Crippen LogP contribution in [0.5, 0.6) is 0 Å². The van der Waals surface area contributed by atoms with E-state index in [4.69, 9.17) is 5.26 Å². The molecule has 0 saturated carbocycles. The third kappa shape index (κ3) is 3.46. The smallest absolute Gasteiger partial charge is 0.269 e. The summed E-state index contributed by atoms with van der Waals surface area (Å²) in [7, 11) is 0. The highest BCUT2D eigenvalue weighted by Gasteiger charge is 2.26. The number of aromatic nitrogens is 2. The molecule has 0 radical (unpaired) electrons. The minimum Gasteiger partial charge on any atom is -0.320 e. The van der Waals surface area contributed by atoms with Crippen molar-refractivity contribution in [1.82, 2.24) is 9.59 Å². The van der Waals surface area contributed by atoms with Crippen LogP contribution in [0.2, 0.25) is 0 Å². The first-order chi connectivity index (χ1) is 9.82. The van der Waals surface area contributed by atoms with Crippen LogP contribution in [0.15, 0.2) is 22.7 Å². The predicted octanol–water partition coefficient (Wildman–Crippen LogP) is 3.72. The van der Waals surface area contributed by atoms with E-state index in [0.29, 0.717) is 21.8 Å². The van der Waals surface area contributed by atoms with Gasteiger partial charge in [0.2, 0.25) is 0 Å². The summed E-state index contributed by atoms with van der Waals surface area (Å²) in [6.07, 6.45) is 0. The SMILES string of the molecule is CC(C)(C)c1nnsc1C(=O)Nc1cc(Br)ccc1C#N. The molecule has 2 rings (SSSR count). The van der Waals surface area contributed by atoms with Crippen LogP contribution >= 0.6 is 27.5 Å². The Hall–Kier alpha value is -1.78. The molecule has 0 aliphatic heterocycles. The zero-order valence-corrected chi connectivity index (χ0v) is 14.2. The van der Waals surface area contributed by atoms with Gasteiger partial charge in [-0.2, -0.15) is 5.26 Å². The maximum absolute atomic E-state index is 12.4. The first-order valence-electron chi connectivity index (χ1n) is 6.17. The lowest BCUT2D eigenvalue weighted by atomic mass is 9.91. The van der Waals surface area contributed by atoms with Crippen LogP contribution in [0.1, 0.15) is 41.7 Å². The van der Waals surface area contributed by atoms with E-state index < -0.39 is 0 Å². The number of hydrogen-bond donors (Lipinski definition) is 1. The molecule has 0 spiro atoms. The van der Waals surface area contributed by atoms with Gasteiger partial charge in [0.15, 0.2) is 0 Å². The molecule has 0 aliphatic rings. The highest BCUT2D eigenvalue weighted by atomic mass is 79.9. The Bertz CT molecular complexity index is 727. The van der Waals surface area contributed by atoms with Crippen molar-refractivity contribution in [3.8, 4) is 6.07 Å². The fraction of sp³-hybridized carbons (Fsp3) is 0.286. The van der Waals surface area contributed by atoms with Crippen molar-refractivity contribution in [2.24, 2.45) is 0 Å². The van der Waals surface area contributed by atoms with Crippen LogP contribution < -0.4 is 5.32 Å². The van der Waals surface area contributed by atoms with E-state index in [9.17, 15) is 4.79 Å². The highest BCUT2D eigenvalue weighted by molar-refractivity contribution is 9.10. The van der Waals surface area contributed by atoms with E-state index in [0.717, 1.165) is 16.0 Å². The summed E-state index contributed by atoms with van der Waals surface area (Å²) in [6, 6.07) is 7.15. The standard InChI is InChI=1S/C14H13BrN4OS/c1-14(2,3)12-11(21-19-18-12)13(20)17-10-6-9(15)5-4-8(10)7-16/h4-6H,1-3H3,(H,17,20). The molecule has 0 fully saturated rings. The average molecular weight is 365 g/mol. The minimum atomic E-state index is -0.301. The first kappa shape index (κ1) is 15.6. The van der Waals surface area contributed by atoms with Gasteiger partial charge in [-0.1, -0.05) is 41.2 Å². The number of nitriles is 1. The Kier molecular flexibility index (Phi) is 4.40. The van der Waals surface area contributed by atoms with Crippen molar-refractivity contribution in [3.05, 3.63) is 38.8 Å². The molecule has 0 atom stereocenters. The first-order valence-corrected chi connectivity index (χ1v) is 7.73. The molecule has 1 aromatic heterocycles. The number of hydrogen-bond acceptors (Lipinski definition) is 5. The van der Waals surface area contributed by atoms with Crippen molar-refractivity contribution in [2.45, 2.75) is 26.2 Å². The number of carbonyl (C=O) groups is 1. The van der Waals surface area contributed by atoms with Crippen molar-refractivity contribution >= 4 is 39.1 Å². The largest absolute Gasteiger partial charge is 0.320 e. The zero-order chi connectivity index (χ0) is 15.6. The Balaban J connectivity index is 2.34. The van der Waals surface area contributed by atoms with Gasteiger partial charge in [-0.05, 0) is 29.7 Å². The van der Waals surface area contributed by atoms with Crippen LogP contribution in [0.25, 0.3) is 0 Å². The molecule has 21 heavy (non-hydrogen) atoms. The molecule has 0 bridgehead atoms. The van der Waals surface area contributed by atoms with E-state index in [-0.39, 0.29) is 11.3 Å². The lowest BCUT2D eigenvalue weighted by molar-refractivity contribution is 0.102. The van der Waals surface area contributed by atoms with E-state index >= 15 is 0 Å². The normalized spacial score (nSPS) is 11.0. The van der Waals surface area contributed by atoms with Gasteiger partial charge >= 0.3 is 0 Å². The third-order valence-corrected chi connectivity index (χ3v) is 3.97. The molecule has 0 aliphatic carbocycles. The number of nitrogens with one attached hydrogen (secondary N) is 1. The topological polar surface area (TPSA) is 78.7 Å². The third-order valence-electron chi connectivity index (χ3n) is 2.75. The van der Waals surface area contributed by atoms with E-state index in [2.05, 4.69) is 36.9 Å². The highest BCUT2D eigenvalue weighted by Crippen LogP contribution is 2.27. The maximum atomic E-state index is 12.4. The molecule has 2 aromatic rings. The van der Waals surface area contributed by atoms with Crippen LogP contribution in [0.4, 0.5) is 5.69 Å². The van der Waals surface area contributed by atoms with Crippen LogP contribution in [-0.2, 0) is 5.41 Å². The van der Waals surface area contributed by atoms with Gasteiger partial charge in [0, 0.05) is 9.89 Å². The summed E-state index contributed by atoms with van der Waals surface area (Å²) in [5.41, 5.74) is 1.25. The van der Waals surface area contributed by atoms with Crippen LogP contribution in [-0.4, -0.2) is 15.5 Å². The second-order valence-electron chi connectivity index (χ2n) is 5.46. The molecule has 0 saturated heterocycles. The Morgan fingerprint density at radius 3 is 2.76 bits per heavy atom. The molecule has 7 heteroatoms. The Labute approximate surface area is 135 Å².